The molecule has 5 heteroatoms. The van der Waals surface area contributed by atoms with Crippen LogP contribution in [0.25, 0.3) is 5.57 Å². The van der Waals surface area contributed by atoms with Gasteiger partial charge >= 0.3 is 11.9 Å². The fraction of sp³-hybridized carbons (Fsp3) is 0.286. The Bertz CT molecular complexity index is 490. The number of carboxylic acid groups (broad SMARTS) is 1. The van der Waals surface area contributed by atoms with Crippen molar-refractivity contribution in [2.45, 2.75) is 13.8 Å². The molecule has 0 aromatic heterocycles. The quantitative estimate of drug-likeness (QED) is 0.629. The number of ether oxygens (including phenoxy) is 2. The molecule has 1 aromatic rings. The van der Waals surface area contributed by atoms with E-state index < -0.39 is 11.9 Å². The minimum atomic E-state index is -1.03. The van der Waals surface area contributed by atoms with E-state index in [4.69, 9.17) is 14.6 Å². The number of carboxylic acids is 1. The van der Waals surface area contributed by atoms with E-state index in [0.29, 0.717) is 23.5 Å². The van der Waals surface area contributed by atoms with Gasteiger partial charge < -0.3 is 14.6 Å². The molecular formula is C14H16O5. The summed E-state index contributed by atoms with van der Waals surface area (Å²) < 4.78 is 10.1. The molecule has 5 nitrogen and oxygen atoms in total. The topological polar surface area (TPSA) is 72.8 Å². The minimum Gasteiger partial charge on any atom is -0.481 e. The molecule has 19 heavy (non-hydrogen) atoms. The third-order valence-electron chi connectivity index (χ3n) is 2.30. The van der Waals surface area contributed by atoms with Crippen LogP contribution in [-0.4, -0.2) is 30.3 Å². The van der Waals surface area contributed by atoms with Gasteiger partial charge in [0.25, 0.3) is 0 Å². The van der Waals surface area contributed by atoms with Gasteiger partial charge in [-0.15, -0.1) is 0 Å². The molecule has 0 saturated carbocycles. The van der Waals surface area contributed by atoms with E-state index in [1.54, 1.807) is 38.1 Å². The zero-order valence-corrected chi connectivity index (χ0v) is 10.9. The van der Waals surface area contributed by atoms with Crippen molar-refractivity contribution in [3.63, 3.8) is 0 Å². The Morgan fingerprint density at radius 1 is 1.32 bits per heavy atom. The molecule has 0 aliphatic carbocycles. The summed E-state index contributed by atoms with van der Waals surface area (Å²) in [5.41, 5.74) is 1.18. The van der Waals surface area contributed by atoms with E-state index in [2.05, 4.69) is 0 Å². The normalized spacial score (nSPS) is 10.9. The third-order valence-corrected chi connectivity index (χ3v) is 2.30. The lowest BCUT2D eigenvalue weighted by Crippen LogP contribution is -2.15. The van der Waals surface area contributed by atoms with E-state index >= 15 is 0 Å². The van der Waals surface area contributed by atoms with Crippen LogP contribution in [0, 0.1) is 0 Å². The van der Waals surface area contributed by atoms with Gasteiger partial charge in [-0.05, 0) is 25.5 Å². The molecule has 0 saturated heterocycles. The second-order valence-electron chi connectivity index (χ2n) is 3.76. The van der Waals surface area contributed by atoms with Crippen molar-refractivity contribution in [2.75, 3.05) is 13.2 Å². The van der Waals surface area contributed by atoms with Gasteiger partial charge in [0.05, 0.1) is 6.61 Å². The molecule has 0 atom stereocenters. The minimum absolute atomic E-state index is 0.203. The van der Waals surface area contributed by atoms with E-state index in [1.807, 2.05) is 0 Å². The molecule has 1 aromatic carbocycles. The third kappa shape index (κ3) is 4.83. The monoisotopic (exact) mass is 264 g/mol. The van der Waals surface area contributed by atoms with Gasteiger partial charge in [0, 0.05) is 11.6 Å². The first-order chi connectivity index (χ1) is 9.04. The van der Waals surface area contributed by atoms with Crippen LogP contribution in [0.3, 0.4) is 0 Å². The summed E-state index contributed by atoms with van der Waals surface area (Å²) in [6.45, 7) is 3.47. The fourth-order valence-electron chi connectivity index (χ4n) is 1.52. The van der Waals surface area contributed by atoms with Crippen molar-refractivity contribution < 1.29 is 24.2 Å². The summed E-state index contributed by atoms with van der Waals surface area (Å²) in [4.78, 5) is 21.9. The molecule has 0 spiro atoms. The maximum atomic E-state index is 11.2. The predicted molar refractivity (Wildman–Crippen MR) is 69.9 cm³/mol. The second kappa shape index (κ2) is 7.20. The van der Waals surface area contributed by atoms with Gasteiger partial charge in [0.15, 0.2) is 6.61 Å². The molecule has 1 rings (SSSR count). The number of hydrogen-bond donors (Lipinski definition) is 1. The average Bonchev–Trinajstić information content (AvgIpc) is 2.36. The summed E-state index contributed by atoms with van der Waals surface area (Å²) in [5.74, 6) is -1.04. The number of hydrogen-bond acceptors (Lipinski definition) is 4. The second-order valence-corrected chi connectivity index (χ2v) is 3.76. The molecule has 0 aliphatic rings. The largest absolute Gasteiger partial charge is 0.481 e. The Balaban J connectivity index is 2.84. The van der Waals surface area contributed by atoms with Gasteiger partial charge in [-0.25, -0.2) is 9.59 Å². The zero-order chi connectivity index (χ0) is 14.3. The van der Waals surface area contributed by atoms with Crippen LogP contribution in [0.15, 0.2) is 30.3 Å². The molecule has 0 aliphatic heterocycles. The van der Waals surface area contributed by atoms with Crippen molar-refractivity contribution in [2.24, 2.45) is 0 Å². The lowest BCUT2D eigenvalue weighted by Gasteiger charge is -2.11. The molecule has 0 radical (unpaired) electrons. The summed E-state index contributed by atoms with van der Waals surface area (Å²) in [5, 5.41) is 8.73. The van der Waals surface area contributed by atoms with Crippen LogP contribution < -0.4 is 4.74 Å². The highest BCUT2D eigenvalue weighted by Gasteiger charge is 2.09. The molecular weight excluding hydrogens is 248 g/mol. The van der Waals surface area contributed by atoms with Crippen molar-refractivity contribution in [3.8, 4) is 5.75 Å². The molecule has 0 unspecified atom stereocenters. The van der Waals surface area contributed by atoms with Crippen molar-refractivity contribution in [1.29, 1.82) is 0 Å². The first-order valence-electron chi connectivity index (χ1n) is 5.83. The first kappa shape index (κ1) is 14.8. The number of para-hydroxylation sites is 1. The van der Waals surface area contributed by atoms with Crippen LogP contribution in [0.5, 0.6) is 5.75 Å². The summed E-state index contributed by atoms with van der Waals surface area (Å²) in [6, 6.07) is 6.92. The van der Waals surface area contributed by atoms with Crippen molar-refractivity contribution in [3.05, 3.63) is 35.9 Å². The molecule has 0 bridgehead atoms. The first-order valence-corrected chi connectivity index (χ1v) is 5.83. The van der Waals surface area contributed by atoms with Crippen LogP contribution in [0.2, 0.25) is 0 Å². The van der Waals surface area contributed by atoms with Crippen LogP contribution in [0.1, 0.15) is 19.4 Å². The number of carbonyl (C=O) groups is 2. The Morgan fingerprint density at radius 3 is 2.63 bits per heavy atom. The Morgan fingerprint density at radius 2 is 2.00 bits per heavy atom. The summed E-state index contributed by atoms with van der Waals surface area (Å²) in [7, 11) is 0. The van der Waals surface area contributed by atoms with Gasteiger partial charge in [-0.3, -0.25) is 0 Å². The van der Waals surface area contributed by atoms with Gasteiger partial charge in [-0.2, -0.15) is 0 Å². The zero-order valence-electron chi connectivity index (χ0n) is 10.9. The van der Waals surface area contributed by atoms with E-state index in [-0.39, 0.29) is 6.61 Å². The predicted octanol–water partition coefficient (Wildman–Crippen LogP) is 2.12. The van der Waals surface area contributed by atoms with Crippen LogP contribution in [0.4, 0.5) is 0 Å². The number of aliphatic carboxylic acids is 1. The molecule has 0 heterocycles. The van der Waals surface area contributed by atoms with Crippen LogP contribution in [-0.2, 0) is 14.3 Å². The summed E-state index contributed by atoms with van der Waals surface area (Å²) in [6.07, 6.45) is 1.09. The summed E-state index contributed by atoms with van der Waals surface area (Å²) >= 11 is 0. The molecule has 0 amide bonds. The number of carbonyl (C=O) groups excluding carboxylic acids is 1. The fourth-order valence-corrected chi connectivity index (χ4v) is 1.52. The standard InChI is InChI=1S/C14H16O5/c1-3-18-14(17)9-19-12-7-5-4-6-11(12)10(2)8-13(15)16/h4-8H,3,9H2,1-2H3,(H,15,16)/b10-8+. The number of esters is 1. The number of allylic oxidation sites excluding steroid dienone is 1. The van der Waals surface area contributed by atoms with E-state index in [0.717, 1.165) is 6.08 Å². The van der Waals surface area contributed by atoms with E-state index in [9.17, 15) is 9.59 Å². The highest BCUT2D eigenvalue weighted by molar-refractivity contribution is 5.90. The van der Waals surface area contributed by atoms with Crippen molar-refractivity contribution in [1.82, 2.24) is 0 Å². The Kier molecular flexibility index (Phi) is 5.60. The molecule has 0 fully saturated rings. The Hall–Kier alpha value is -2.30. The van der Waals surface area contributed by atoms with Gasteiger partial charge in [0.2, 0.25) is 0 Å². The van der Waals surface area contributed by atoms with Gasteiger partial charge in [0.1, 0.15) is 5.75 Å². The highest BCUT2D eigenvalue weighted by atomic mass is 16.6. The number of rotatable bonds is 6. The Labute approximate surface area is 111 Å². The van der Waals surface area contributed by atoms with Crippen molar-refractivity contribution >= 4 is 17.5 Å². The van der Waals surface area contributed by atoms with Crippen LogP contribution >= 0.6 is 0 Å². The average molecular weight is 264 g/mol. The maximum Gasteiger partial charge on any atom is 0.344 e. The lowest BCUT2D eigenvalue weighted by molar-refractivity contribution is -0.145. The molecule has 102 valence electrons. The van der Waals surface area contributed by atoms with Gasteiger partial charge in [-0.1, -0.05) is 18.2 Å². The smallest absolute Gasteiger partial charge is 0.344 e. The SMILES string of the molecule is CCOC(=O)COc1ccccc1/C(C)=C/C(=O)O. The number of benzene rings is 1. The van der Waals surface area contributed by atoms with E-state index in [1.165, 1.54) is 0 Å². The maximum absolute atomic E-state index is 11.2. The molecule has 1 N–H and O–H groups in total. The highest BCUT2D eigenvalue weighted by Crippen LogP contribution is 2.25. The lowest BCUT2D eigenvalue weighted by atomic mass is 10.1.